The molecule has 2 aromatic rings. The van der Waals surface area contributed by atoms with Crippen molar-refractivity contribution in [2.24, 2.45) is 0 Å². The summed E-state index contributed by atoms with van der Waals surface area (Å²) >= 11 is 0. The molecule has 7 nitrogen and oxygen atoms in total. The number of hydrogen-bond donors (Lipinski definition) is 2. The van der Waals surface area contributed by atoms with Gasteiger partial charge in [0.25, 0.3) is 0 Å². The van der Waals surface area contributed by atoms with Gasteiger partial charge in [0, 0.05) is 30.7 Å². The molecule has 0 radical (unpaired) electrons. The number of nitrogens with zero attached hydrogens (tertiary/aromatic N) is 3. The van der Waals surface area contributed by atoms with Gasteiger partial charge in [-0.1, -0.05) is 5.16 Å². The molecule has 2 heterocycles. The van der Waals surface area contributed by atoms with Crippen LogP contribution in [0.2, 0.25) is 0 Å². The standard InChI is InChI=1S/C17H20FN5O2/c18-12-3-5-13(6-4-12)19-17(24)20-14-7-8-23(9-14)10-15-21-16(25-22-15)11-1-2-11/h3-6,11,14H,1-2,7-10H2,(H2,19,20,24). The number of urea groups is 1. The van der Waals surface area contributed by atoms with Crippen LogP contribution in [0.5, 0.6) is 0 Å². The van der Waals surface area contributed by atoms with E-state index >= 15 is 0 Å². The Bertz CT molecular complexity index is 744. The first kappa shape index (κ1) is 16.0. The second kappa shape index (κ2) is 6.79. The lowest BCUT2D eigenvalue weighted by Crippen LogP contribution is -2.39. The number of aromatic nitrogens is 2. The van der Waals surface area contributed by atoms with Crippen LogP contribution in [-0.4, -0.2) is 40.2 Å². The van der Waals surface area contributed by atoms with Gasteiger partial charge in [-0.25, -0.2) is 9.18 Å². The molecular formula is C17H20FN5O2. The third-order valence-corrected chi connectivity index (χ3v) is 4.49. The maximum absolute atomic E-state index is 12.9. The molecule has 1 aliphatic heterocycles. The molecule has 1 saturated carbocycles. The van der Waals surface area contributed by atoms with Gasteiger partial charge in [-0.3, -0.25) is 4.90 Å². The van der Waals surface area contributed by atoms with Crippen LogP contribution in [0.25, 0.3) is 0 Å². The largest absolute Gasteiger partial charge is 0.339 e. The van der Waals surface area contributed by atoms with Crippen LogP contribution in [-0.2, 0) is 6.54 Å². The molecule has 0 bridgehead atoms. The first-order valence-electron chi connectivity index (χ1n) is 8.53. The first-order chi connectivity index (χ1) is 12.2. The van der Waals surface area contributed by atoms with Crippen molar-refractivity contribution >= 4 is 11.7 Å². The summed E-state index contributed by atoms with van der Waals surface area (Å²) in [5, 5.41) is 9.68. The van der Waals surface area contributed by atoms with Gasteiger partial charge in [0.05, 0.1) is 6.54 Å². The number of rotatable bonds is 5. The molecule has 132 valence electrons. The van der Waals surface area contributed by atoms with E-state index in [0.717, 1.165) is 38.2 Å². The second-order valence-corrected chi connectivity index (χ2v) is 6.65. The lowest BCUT2D eigenvalue weighted by Gasteiger charge is -2.15. The fourth-order valence-electron chi connectivity index (χ4n) is 3.01. The molecule has 2 N–H and O–H groups in total. The highest BCUT2D eigenvalue weighted by atomic mass is 19.1. The molecule has 2 aliphatic rings. The Hall–Kier alpha value is -2.48. The lowest BCUT2D eigenvalue weighted by atomic mass is 10.3. The average molecular weight is 345 g/mol. The highest BCUT2D eigenvalue weighted by Gasteiger charge is 2.30. The van der Waals surface area contributed by atoms with Gasteiger partial charge in [0.1, 0.15) is 5.82 Å². The van der Waals surface area contributed by atoms with Gasteiger partial charge in [0.15, 0.2) is 5.82 Å². The predicted molar refractivity (Wildman–Crippen MR) is 88.5 cm³/mol. The maximum atomic E-state index is 12.9. The molecule has 1 atom stereocenters. The summed E-state index contributed by atoms with van der Waals surface area (Å²) in [4.78, 5) is 18.7. The molecule has 8 heteroatoms. The number of amides is 2. The SMILES string of the molecule is O=C(Nc1ccc(F)cc1)NC1CCN(Cc2noc(C3CC3)n2)C1. The van der Waals surface area contributed by atoms with Gasteiger partial charge < -0.3 is 15.2 Å². The van der Waals surface area contributed by atoms with E-state index in [0.29, 0.717) is 24.0 Å². The lowest BCUT2D eigenvalue weighted by molar-refractivity contribution is 0.247. The van der Waals surface area contributed by atoms with Crippen LogP contribution in [0.3, 0.4) is 0 Å². The van der Waals surface area contributed by atoms with Gasteiger partial charge in [-0.05, 0) is 43.5 Å². The van der Waals surface area contributed by atoms with E-state index in [9.17, 15) is 9.18 Å². The smallest absolute Gasteiger partial charge is 0.319 e. The van der Waals surface area contributed by atoms with E-state index in [-0.39, 0.29) is 17.9 Å². The van der Waals surface area contributed by atoms with Crippen LogP contribution >= 0.6 is 0 Å². The van der Waals surface area contributed by atoms with Crippen molar-refractivity contribution in [3.8, 4) is 0 Å². The van der Waals surface area contributed by atoms with Crippen LogP contribution < -0.4 is 10.6 Å². The van der Waals surface area contributed by atoms with Crippen LogP contribution in [0, 0.1) is 5.82 Å². The van der Waals surface area contributed by atoms with E-state index in [1.807, 2.05) is 0 Å². The molecule has 0 spiro atoms. The molecule has 1 aromatic carbocycles. The van der Waals surface area contributed by atoms with E-state index in [4.69, 9.17) is 4.52 Å². The van der Waals surface area contributed by atoms with E-state index in [1.54, 1.807) is 0 Å². The summed E-state index contributed by atoms with van der Waals surface area (Å²) in [6.07, 6.45) is 3.14. The van der Waals surface area contributed by atoms with E-state index in [1.165, 1.54) is 24.3 Å². The summed E-state index contributed by atoms with van der Waals surface area (Å²) < 4.78 is 18.1. The number of halogens is 1. The third-order valence-electron chi connectivity index (χ3n) is 4.49. The number of hydrogen-bond acceptors (Lipinski definition) is 5. The zero-order chi connectivity index (χ0) is 17.2. The van der Waals surface area contributed by atoms with Crippen molar-refractivity contribution in [2.75, 3.05) is 18.4 Å². The highest BCUT2D eigenvalue weighted by Crippen LogP contribution is 2.38. The monoisotopic (exact) mass is 345 g/mol. The number of nitrogens with one attached hydrogen (secondary N) is 2. The number of benzene rings is 1. The predicted octanol–water partition coefficient (Wildman–Crippen LogP) is 2.48. The van der Waals surface area contributed by atoms with Crippen molar-refractivity contribution in [2.45, 2.75) is 37.8 Å². The number of carbonyl (C=O) groups is 1. The molecule has 1 aromatic heterocycles. The Kier molecular flexibility index (Phi) is 4.35. The van der Waals surface area contributed by atoms with Gasteiger partial charge in [0.2, 0.25) is 5.89 Å². The van der Waals surface area contributed by atoms with Crippen molar-refractivity contribution in [1.29, 1.82) is 0 Å². The second-order valence-electron chi connectivity index (χ2n) is 6.65. The van der Waals surface area contributed by atoms with Crippen molar-refractivity contribution in [1.82, 2.24) is 20.4 Å². The van der Waals surface area contributed by atoms with E-state index in [2.05, 4.69) is 25.7 Å². The fraction of sp³-hybridized carbons (Fsp3) is 0.471. The van der Waals surface area contributed by atoms with E-state index < -0.39 is 0 Å². The van der Waals surface area contributed by atoms with Gasteiger partial charge in [-0.15, -0.1) is 0 Å². The average Bonchev–Trinajstić information content (AvgIpc) is 3.19. The van der Waals surface area contributed by atoms with Crippen molar-refractivity contribution in [3.63, 3.8) is 0 Å². The highest BCUT2D eigenvalue weighted by molar-refractivity contribution is 5.89. The molecule has 2 fully saturated rings. The summed E-state index contributed by atoms with van der Waals surface area (Å²) in [5.41, 5.74) is 0.563. The first-order valence-corrected chi connectivity index (χ1v) is 8.53. The van der Waals surface area contributed by atoms with Crippen LogP contribution in [0.15, 0.2) is 28.8 Å². The summed E-state index contributed by atoms with van der Waals surface area (Å²) in [5.74, 6) is 1.59. The molecule has 1 aliphatic carbocycles. The Morgan fingerprint density at radius 2 is 2.08 bits per heavy atom. The Morgan fingerprint density at radius 3 is 2.84 bits per heavy atom. The van der Waals surface area contributed by atoms with Gasteiger partial charge >= 0.3 is 6.03 Å². The minimum absolute atomic E-state index is 0.0650. The Labute approximate surface area is 144 Å². The summed E-state index contributed by atoms with van der Waals surface area (Å²) in [6, 6.07) is 5.47. The number of anilines is 1. The summed E-state index contributed by atoms with van der Waals surface area (Å²) in [6.45, 7) is 2.24. The van der Waals surface area contributed by atoms with Crippen molar-refractivity contribution < 1.29 is 13.7 Å². The molecule has 1 saturated heterocycles. The Balaban J connectivity index is 1.24. The van der Waals surface area contributed by atoms with Crippen LogP contribution in [0.1, 0.15) is 36.9 Å². The zero-order valence-corrected chi connectivity index (χ0v) is 13.7. The number of likely N-dealkylation sites (tertiary alicyclic amines) is 1. The fourth-order valence-corrected chi connectivity index (χ4v) is 3.01. The quantitative estimate of drug-likeness (QED) is 0.870. The maximum Gasteiger partial charge on any atom is 0.319 e. The normalized spacial score (nSPS) is 20.6. The molecular weight excluding hydrogens is 325 g/mol. The topological polar surface area (TPSA) is 83.3 Å². The minimum atomic E-state index is -0.330. The molecule has 25 heavy (non-hydrogen) atoms. The minimum Gasteiger partial charge on any atom is -0.339 e. The molecule has 4 rings (SSSR count). The molecule has 2 amide bonds. The number of carbonyl (C=O) groups excluding carboxylic acids is 1. The Morgan fingerprint density at radius 1 is 1.28 bits per heavy atom. The summed E-state index contributed by atoms with van der Waals surface area (Å²) in [7, 11) is 0. The van der Waals surface area contributed by atoms with Crippen LogP contribution in [0.4, 0.5) is 14.9 Å². The van der Waals surface area contributed by atoms with Crippen molar-refractivity contribution in [3.05, 3.63) is 41.8 Å². The molecule has 1 unspecified atom stereocenters. The third kappa shape index (κ3) is 4.14. The zero-order valence-electron chi connectivity index (χ0n) is 13.7. The van der Waals surface area contributed by atoms with Gasteiger partial charge in [-0.2, -0.15) is 4.98 Å².